The van der Waals surface area contributed by atoms with Crippen LogP contribution in [0.25, 0.3) is 11.3 Å². The monoisotopic (exact) mass is 263 g/mol. The van der Waals surface area contributed by atoms with Crippen LogP contribution in [0.2, 0.25) is 0 Å². The first kappa shape index (κ1) is 12.5. The van der Waals surface area contributed by atoms with E-state index in [9.17, 15) is 4.79 Å². The highest BCUT2D eigenvalue weighted by Gasteiger charge is 2.09. The lowest BCUT2D eigenvalue weighted by Gasteiger charge is -2.16. The Hall–Kier alpha value is -1.95. The van der Waals surface area contributed by atoms with Gasteiger partial charge in [0.05, 0.1) is 6.20 Å². The number of aromatic nitrogens is 1. The summed E-state index contributed by atoms with van der Waals surface area (Å²) in [5, 5.41) is 0. The Kier molecular flexibility index (Phi) is 3.88. The van der Waals surface area contributed by atoms with E-state index in [1.165, 1.54) is 22.6 Å². The standard InChI is InChI=1S/C12H13N3O2S/c1-2-15(12(13)16)18-10-5-3-9(4-6-10)11-7-14-8-17-11/h3-8H,2H2,1H3,(H2,13,16). The Balaban J connectivity index is 2.10. The van der Waals surface area contributed by atoms with Crippen LogP contribution in [0, 0.1) is 0 Å². The van der Waals surface area contributed by atoms with Crippen LogP contribution >= 0.6 is 11.9 Å². The molecule has 5 nitrogen and oxygen atoms in total. The summed E-state index contributed by atoms with van der Waals surface area (Å²) in [6, 6.07) is 7.21. The number of oxazole rings is 1. The second kappa shape index (κ2) is 5.59. The molecule has 94 valence electrons. The highest BCUT2D eigenvalue weighted by molar-refractivity contribution is 7.97. The van der Waals surface area contributed by atoms with Gasteiger partial charge in [-0.1, -0.05) is 12.1 Å². The zero-order valence-corrected chi connectivity index (χ0v) is 10.7. The summed E-state index contributed by atoms with van der Waals surface area (Å²) >= 11 is 1.32. The molecule has 0 saturated heterocycles. The molecule has 0 fully saturated rings. The molecule has 0 aliphatic heterocycles. The number of nitrogens with zero attached hydrogens (tertiary/aromatic N) is 2. The molecule has 0 spiro atoms. The van der Waals surface area contributed by atoms with Crippen LogP contribution in [-0.2, 0) is 0 Å². The van der Waals surface area contributed by atoms with Gasteiger partial charge >= 0.3 is 6.03 Å². The van der Waals surface area contributed by atoms with Gasteiger partial charge in [0.15, 0.2) is 12.2 Å². The van der Waals surface area contributed by atoms with Gasteiger partial charge in [-0.05, 0) is 31.0 Å². The number of urea groups is 1. The Morgan fingerprint density at radius 3 is 2.67 bits per heavy atom. The molecule has 0 aliphatic rings. The number of hydrogen-bond acceptors (Lipinski definition) is 4. The fraction of sp³-hybridized carbons (Fsp3) is 0.167. The number of rotatable bonds is 4. The van der Waals surface area contributed by atoms with Gasteiger partial charge in [-0.25, -0.2) is 9.78 Å². The Labute approximate surface area is 109 Å². The van der Waals surface area contributed by atoms with Crippen molar-refractivity contribution in [2.75, 3.05) is 6.54 Å². The van der Waals surface area contributed by atoms with Crippen LogP contribution in [0.15, 0.2) is 46.2 Å². The highest BCUT2D eigenvalue weighted by atomic mass is 32.2. The van der Waals surface area contributed by atoms with Crippen LogP contribution < -0.4 is 5.73 Å². The van der Waals surface area contributed by atoms with Crippen molar-refractivity contribution < 1.29 is 9.21 Å². The van der Waals surface area contributed by atoms with Gasteiger partial charge in [-0.3, -0.25) is 4.31 Å². The maximum absolute atomic E-state index is 11.1. The second-order valence-corrected chi connectivity index (χ2v) is 4.61. The smallest absolute Gasteiger partial charge is 0.325 e. The summed E-state index contributed by atoms with van der Waals surface area (Å²) in [5.41, 5.74) is 6.19. The van der Waals surface area contributed by atoms with Gasteiger partial charge in [-0.2, -0.15) is 0 Å². The van der Waals surface area contributed by atoms with Crippen molar-refractivity contribution in [2.45, 2.75) is 11.8 Å². The molecule has 0 bridgehead atoms. The van der Waals surface area contributed by atoms with Crippen LogP contribution in [0.5, 0.6) is 0 Å². The van der Waals surface area contributed by atoms with E-state index in [1.54, 1.807) is 6.20 Å². The van der Waals surface area contributed by atoms with Crippen molar-refractivity contribution in [1.82, 2.24) is 9.29 Å². The average molecular weight is 263 g/mol. The van der Waals surface area contributed by atoms with Crippen LogP contribution in [-0.4, -0.2) is 21.9 Å². The molecule has 18 heavy (non-hydrogen) atoms. The molecule has 2 aromatic rings. The molecular formula is C12H13N3O2S. The third-order valence-corrected chi connectivity index (χ3v) is 3.46. The molecule has 1 heterocycles. The van der Waals surface area contributed by atoms with E-state index in [0.29, 0.717) is 12.3 Å². The van der Waals surface area contributed by atoms with Crippen LogP contribution in [0.3, 0.4) is 0 Å². The molecule has 0 saturated carbocycles. The van der Waals surface area contributed by atoms with Crippen LogP contribution in [0.4, 0.5) is 4.79 Å². The number of carbonyl (C=O) groups is 1. The van der Waals surface area contributed by atoms with Gasteiger partial charge < -0.3 is 10.2 Å². The topological polar surface area (TPSA) is 72.4 Å². The van der Waals surface area contributed by atoms with E-state index < -0.39 is 6.03 Å². The molecule has 0 atom stereocenters. The van der Waals surface area contributed by atoms with E-state index in [2.05, 4.69) is 4.98 Å². The van der Waals surface area contributed by atoms with Crippen molar-refractivity contribution in [2.24, 2.45) is 5.73 Å². The molecule has 6 heteroatoms. The predicted molar refractivity (Wildman–Crippen MR) is 69.8 cm³/mol. The average Bonchev–Trinajstić information content (AvgIpc) is 2.90. The zero-order chi connectivity index (χ0) is 13.0. The fourth-order valence-corrected chi connectivity index (χ4v) is 2.16. The third-order valence-electron chi connectivity index (χ3n) is 2.32. The van der Waals surface area contributed by atoms with Gasteiger partial charge in [0, 0.05) is 17.0 Å². The molecule has 0 aliphatic carbocycles. The largest absolute Gasteiger partial charge is 0.444 e. The maximum atomic E-state index is 11.1. The molecule has 2 N–H and O–H groups in total. The van der Waals surface area contributed by atoms with Crippen molar-refractivity contribution >= 4 is 18.0 Å². The van der Waals surface area contributed by atoms with Gasteiger partial charge in [0.1, 0.15) is 0 Å². The lowest BCUT2D eigenvalue weighted by molar-refractivity contribution is 0.236. The van der Waals surface area contributed by atoms with Crippen molar-refractivity contribution in [3.8, 4) is 11.3 Å². The first-order chi connectivity index (χ1) is 8.70. The van der Waals surface area contributed by atoms with Gasteiger partial charge in [-0.15, -0.1) is 0 Å². The number of nitrogens with two attached hydrogens (primary N) is 1. The van der Waals surface area contributed by atoms with E-state index in [4.69, 9.17) is 10.2 Å². The number of amides is 2. The zero-order valence-electron chi connectivity index (χ0n) is 9.87. The van der Waals surface area contributed by atoms with Gasteiger partial charge in [0.25, 0.3) is 0 Å². The normalized spacial score (nSPS) is 10.3. The summed E-state index contributed by atoms with van der Waals surface area (Å²) in [7, 11) is 0. The lowest BCUT2D eigenvalue weighted by Crippen LogP contribution is -2.29. The summed E-state index contributed by atoms with van der Waals surface area (Å²) in [5.74, 6) is 0.716. The molecule has 2 amide bonds. The predicted octanol–water partition coefficient (Wildman–Crippen LogP) is 2.75. The Bertz CT molecular complexity index is 511. The minimum atomic E-state index is -0.443. The molecule has 1 aromatic carbocycles. The molecule has 0 unspecified atom stereocenters. The minimum absolute atomic E-state index is 0.443. The van der Waals surface area contributed by atoms with E-state index in [0.717, 1.165) is 10.5 Å². The van der Waals surface area contributed by atoms with E-state index in [-0.39, 0.29) is 0 Å². The van der Waals surface area contributed by atoms with Crippen molar-refractivity contribution in [3.05, 3.63) is 36.9 Å². The fourth-order valence-electron chi connectivity index (χ4n) is 1.43. The Morgan fingerprint density at radius 1 is 1.44 bits per heavy atom. The summed E-state index contributed by atoms with van der Waals surface area (Å²) in [6.45, 7) is 2.44. The van der Waals surface area contributed by atoms with Crippen molar-refractivity contribution in [3.63, 3.8) is 0 Å². The molecule has 2 rings (SSSR count). The summed E-state index contributed by atoms with van der Waals surface area (Å²) < 4.78 is 6.69. The molecular weight excluding hydrogens is 250 g/mol. The number of primary amides is 1. The minimum Gasteiger partial charge on any atom is -0.444 e. The molecule has 0 radical (unpaired) electrons. The van der Waals surface area contributed by atoms with Crippen molar-refractivity contribution in [1.29, 1.82) is 0 Å². The maximum Gasteiger partial charge on any atom is 0.325 e. The third kappa shape index (κ3) is 2.84. The van der Waals surface area contributed by atoms with E-state index in [1.807, 2.05) is 31.2 Å². The SMILES string of the molecule is CCN(Sc1ccc(-c2cnco2)cc1)C(N)=O. The summed E-state index contributed by atoms with van der Waals surface area (Å²) in [4.78, 5) is 15.9. The quantitative estimate of drug-likeness (QED) is 0.861. The Morgan fingerprint density at radius 2 is 2.17 bits per heavy atom. The second-order valence-electron chi connectivity index (χ2n) is 3.51. The van der Waals surface area contributed by atoms with E-state index >= 15 is 0 Å². The van der Waals surface area contributed by atoms with Crippen LogP contribution in [0.1, 0.15) is 6.92 Å². The first-order valence-corrected chi connectivity index (χ1v) is 6.22. The first-order valence-electron chi connectivity index (χ1n) is 5.44. The molecule has 1 aromatic heterocycles. The van der Waals surface area contributed by atoms with Gasteiger partial charge in [0.2, 0.25) is 0 Å². The number of hydrogen-bond donors (Lipinski definition) is 1. The highest BCUT2D eigenvalue weighted by Crippen LogP contribution is 2.25. The number of benzene rings is 1. The lowest BCUT2D eigenvalue weighted by atomic mass is 10.2. The summed E-state index contributed by atoms with van der Waals surface area (Å²) in [6.07, 6.45) is 3.05. The number of carbonyl (C=O) groups excluding carboxylic acids is 1.